The highest BCUT2D eigenvalue weighted by atomic mass is 19.1. The smallest absolute Gasteiger partial charge is 0.232 e. The number of anilines is 2. The lowest BCUT2D eigenvalue weighted by Crippen LogP contribution is -2.28. The van der Waals surface area contributed by atoms with Crippen molar-refractivity contribution in [2.75, 3.05) is 16.8 Å². The van der Waals surface area contributed by atoms with E-state index < -0.39 is 11.7 Å². The Hall–Kier alpha value is -3.55. The maximum atomic E-state index is 14.0. The second kappa shape index (κ2) is 7.94. The number of nitrogens with zero attached hydrogens (tertiary/aromatic N) is 3. The summed E-state index contributed by atoms with van der Waals surface area (Å²) in [6, 6.07) is 13.1. The average Bonchev–Trinajstić information content (AvgIpc) is 3.36. The lowest BCUT2D eigenvalue weighted by molar-refractivity contribution is -0.122. The average molecular weight is 422 g/mol. The van der Waals surface area contributed by atoms with Crippen LogP contribution >= 0.6 is 0 Å². The number of para-hydroxylation sites is 1. The molecule has 1 fully saturated rings. The van der Waals surface area contributed by atoms with Gasteiger partial charge in [0.1, 0.15) is 5.82 Å². The summed E-state index contributed by atoms with van der Waals surface area (Å²) in [5.74, 6) is -0.571. The molecular formula is C23H23FN4O3. The zero-order valence-electron chi connectivity index (χ0n) is 17.6. The Balaban J connectivity index is 1.42. The standard InChI is InChI=1S/C23H23FN4O3/c1-23(2,3)22-26-20(27-31-22)14-8-10-16(11-9-14)25-21(30)15-12-19(29)28(13-15)18-7-5-4-6-17(18)24/h4-11,15H,12-13H2,1-3H3,(H,25,30). The summed E-state index contributed by atoms with van der Waals surface area (Å²) in [6.45, 7) is 6.11. The number of benzene rings is 2. The monoisotopic (exact) mass is 422 g/mol. The first-order valence-corrected chi connectivity index (χ1v) is 10.0. The van der Waals surface area contributed by atoms with Crippen LogP contribution in [0.25, 0.3) is 11.4 Å². The van der Waals surface area contributed by atoms with Crippen molar-refractivity contribution < 1.29 is 18.5 Å². The number of carbonyl (C=O) groups excluding carboxylic acids is 2. The molecule has 0 bridgehead atoms. The van der Waals surface area contributed by atoms with Gasteiger partial charge in [-0.1, -0.05) is 38.1 Å². The molecule has 2 amide bonds. The first-order chi connectivity index (χ1) is 14.7. The molecule has 2 aromatic carbocycles. The topological polar surface area (TPSA) is 88.3 Å². The van der Waals surface area contributed by atoms with Gasteiger partial charge in [0, 0.05) is 29.6 Å². The van der Waals surface area contributed by atoms with E-state index in [1.54, 1.807) is 36.4 Å². The van der Waals surface area contributed by atoms with Gasteiger partial charge in [-0.05, 0) is 36.4 Å². The Bertz CT molecular complexity index is 1120. The SMILES string of the molecule is CC(C)(C)c1nc(-c2ccc(NC(=O)C3CC(=O)N(c4ccccc4F)C3)cc2)no1. The maximum Gasteiger partial charge on any atom is 0.232 e. The second-order valence-corrected chi connectivity index (χ2v) is 8.60. The first kappa shape index (κ1) is 20.7. The highest BCUT2D eigenvalue weighted by molar-refractivity contribution is 6.03. The molecule has 1 atom stereocenters. The molecule has 1 aromatic heterocycles. The zero-order valence-corrected chi connectivity index (χ0v) is 17.6. The van der Waals surface area contributed by atoms with E-state index in [0.29, 0.717) is 17.4 Å². The molecule has 1 N–H and O–H groups in total. The van der Waals surface area contributed by atoms with Crippen molar-refractivity contribution in [1.29, 1.82) is 0 Å². The Morgan fingerprint density at radius 2 is 1.87 bits per heavy atom. The highest BCUT2D eigenvalue weighted by Gasteiger charge is 2.36. The first-order valence-electron chi connectivity index (χ1n) is 10.0. The molecule has 1 aliphatic rings. The molecule has 1 unspecified atom stereocenters. The van der Waals surface area contributed by atoms with Crippen LogP contribution in [0.3, 0.4) is 0 Å². The van der Waals surface area contributed by atoms with Gasteiger partial charge in [-0.25, -0.2) is 4.39 Å². The van der Waals surface area contributed by atoms with E-state index in [1.807, 2.05) is 20.8 Å². The number of hydrogen-bond donors (Lipinski definition) is 1. The van der Waals surface area contributed by atoms with Crippen molar-refractivity contribution in [1.82, 2.24) is 10.1 Å². The minimum Gasteiger partial charge on any atom is -0.338 e. The summed E-state index contributed by atoms with van der Waals surface area (Å²) in [7, 11) is 0. The summed E-state index contributed by atoms with van der Waals surface area (Å²) in [6.07, 6.45) is 0.0384. The van der Waals surface area contributed by atoms with E-state index in [1.165, 1.54) is 17.0 Å². The highest BCUT2D eigenvalue weighted by Crippen LogP contribution is 2.29. The van der Waals surface area contributed by atoms with Crippen molar-refractivity contribution in [3.05, 3.63) is 60.2 Å². The molecule has 31 heavy (non-hydrogen) atoms. The van der Waals surface area contributed by atoms with E-state index in [4.69, 9.17) is 4.52 Å². The fourth-order valence-corrected chi connectivity index (χ4v) is 3.38. The minimum absolute atomic E-state index is 0.0384. The van der Waals surface area contributed by atoms with E-state index in [2.05, 4.69) is 15.5 Å². The summed E-state index contributed by atoms with van der Waals surface area (Å²) in [5.41, 5.74) is 1.31. The second-order valence-electron chi connectivity index (χ2n) is 8.60. The maximum absolute atomic E-state index is 14.0. The van der Waals surface area contributed by atoms with Crippen LogP contribution in [0.2, 0.25) is 0 Å². The van der Waals surface area contributed by atoms with Gasteiger partial charge in [-0.2, -0.15) is 4.98 Å². The van der Waals surface area contributed by atoms with Crippen LogP contribution in [0.15, 0.2) is 53.1 Å². The predicted molar refractivity (Wildman–Crippen MR) is 114 cm³/mol. The van der Waals surface area contributed by atoms with Crippen molar-refractivity contribution in [3.63, 3.8) is 0 Å². The number of carbonyl (C=O) groups is 2. The Morgan fingerprint density at radius 1 is 1.16 bits per heavy atom. The number of nitrogens with one attached hydrogen (secondary N) is 1. The van der Waals surface area contributed by atoms with Crippen molar-refractivity contribution in [2.24, 2.45) is 5.92 Å². The van der Waals surface area contributed by atoms with Crippen molar-refractivity contribution >= 4 is 23.2 Å². The van der Waals surface area contributed by atoms with Crippen LogP contribution in [-0.2, 0) is 15.0 Å². The molecule has 0 aliphatic carbocycles. The van der Waals surface area contributed by atoms with E-state index in [0.717, 1.165) is 5.56 Å². The van der Waals surface area contributed by atoms with Gasteiger partial charge in [0.15, 0.2) is 0 Å². The molecule has 3 aromatic rings. The molecule has 0 radical (unpaired) electrons. The quantitative estimate of drug-likeness (QED) is 0.682. The van der Waals surface area contributed by atoms with Crippen LogP contribution in [0, 0.1) is 11.7 Å². The van der Waals surface area contributed by atoms with Gasteiger partial charge < -0.3 is 14.7 Å². The summed E-state index contributed by atoms with van der Waals surface area (Å²) in [5, 5.41) is 6.84. The van der Waals surface area contributed by atoms with Gasteiger partial charge in [-0.15, -0.1) is 0 Å². The van der Waals surface area contributed by atoms with Crippen LogP contribution < -0.4 is 10.2 Å². The van der Waals surface area contributed by atoms with Gasteiger partial charge in [0.25, 0.3) is 0 Å². The summed E-state index contributed by atoms with van der Waals surface area (Å²) in [4.78, 5) is 30.7. The largest absolute Gasteiger partial charge is 0.338 e. The zero-order chi connectivity index (χ0) is 22.2. The summed E-state index contributed by atoms with van der Waals surface area (Å²) >= 11 is 0. The third-order valence-electron chi connectivity index (χ3n) is 5.12. The van der Waals surface area contributed by atoms with Crippen LogP contribution in [0.1, 0.15) is 33.1 Å². The molecular weight excluding hydrogens is 399 g/mol. The molecule has 0 spiro atoms. The normalized spacial score (nSPS) is 16.6. The molecule has 0 saturated carbocycles. The molecule has 7 nitrogen and oxygen atoms in total. The Labute approximate surface area is 179 Å². The number of hydrogen-bond acceptors (Lipinski definition) is 5. The molecule has 1 aliphatic heterocycles. The van der Waals surface area contributed by atoms with E-state index >= 15 is 0 Å². The Morgan fingerprint density at radius 3 is 2.52 bits per heavy atom. The number of halogens is 1. The summed E-state index contributed by atoms with van der Waals surface area (Å²) < 4.78 is 19.3. The van der Waals surface area contributed by atoms with Crippen LogP contribution in [0.5, 0.6) is 0 Å². The van der Waals surface area contributed by atoms with Crippen molar-refractivity contribution in [2.45, 2.75) is 32.6 Å². The predicted octanol–water partition coefficient (Wildman–Crippen LogP) is 4.16. The van der Waals surface area contributed by atoms with Gasteiger partial charge in [0.05, 0.1) is 11.6 Å². The minimum atomic E-state index is -0.557. The molecule has 1 saturated heterocycles. The third kappa shape index (κ3) is 4.33. The van der Waals surface area contributed by atoms with Gasteiger partial charge in [0.2, 0.25) is 23.5 Å². The van der Waals surface area contributed by atoms with Crippen LogP contribution in [0.4, 0.5) is 15.8 Å². The lowest BCUT2D eigenvalue weighted by Gasteiger charge is -2.17. The third-order valence-corrected chi connectivity index (χ3v) is 5.12. The lowest BCUT2D eigenvalue weighted by atomic mass is 9.97. The number of amides is 2. The number of aromatic nitrogens is 2. The number of rotatable bonds is 4. The van der Waals surface area contributed by atoms with Crippen LogP contribution in [-0.4, -0.2) is 28.5 Å². The molecule has 4 rings (SSSR count). The molecule has 2 heterocycles. The van der Waals surface area contributed by atoms with Gasteiger partial charge >= 0.3 is 0 Å². The van der Waals surface area contributed by atoms with Gasteiger partial charge in [-0.3, -0.25) is 9.59 Å². The van der Waals surface area contributed by atoms with Crippen molar-refractivity contribution in [3.8, 4) is 11.4 Å². The van der Waals surface area contributed by atoms with E-state index in [-0.39, 0.29) is 35.9 Å². The molecule has 8 heteroatoms. The Kier molecular flexibility index (Phi) is 5.31. The fourth-order valence-electron chi connectivity index (χ4n) is 3.38. The molecule has 160 valence electrons. The fraction of sp³-hybridized carbons (Fsp3) is 0.304. The van der Waals surface area contributed by atoms with E-state index in [9.17, 15) is 14.0 Å².